The Bertz CT molecular complexity index is 371. The Kier molecular flexibility index (Phi) is 4.06. The molecular formula is C15H23NO. The molecule has 94 valence electrons. The molecule has 1 atom stereocenters. The van der Waals surface area contributed by atoms with Crippen molar-refractivity contribution in [1.29, 1.82) is 0 Å². The summed E-state index contributed by atoms with van der Waals surface area (Å²) in [5.74, 6) is 1.90. The fourth-order valence-corrected chi connectivity index (χ4v) is 2.47. The molecule has 2 nitrogen and oxygen atoms in total. The molecule has 1 aromatic carbocycles. The zero-order chi connectivity index (χ0) is 12.3. The van der Waals surface area contributed by atoms with Crippen LogP contribution in [0, 0.1) is 12.8 Å². The van der Waals surface area contributed by atoms with Crippen LogP contribution in [-0.4, -0.2) is 19.7 Å². The lowest BCUT2D eigenvalue weighted by molar-refractivity contribution is 0.401. The standard InChI is InChI=1S/C15H23NO/c1-4-16-14(12-6-7-12)10-13-9-11(2)5-8-15(13)17-3/h5,8-9,12,14,16H,4,6-7,10H2,1-3H3. The van der Waals surface area contributed by atoms with E-state index in [0.29, 0.717) is 6.04 Å². The molecular weight excluding hydrogens is 210 g/mol. The first-order valence-corrected chi connectivity index (χ1v) is 6.61. The first-order valence-electron chi connectivity index (χ1n) is 6.61. The van der Waals surface area contributed by atoms with Crippen molar-refractivity contribution >= 4 is 0 Å². The Balaban J connectivity index is 2.11. The van der Waals surface area contributed by atoms with Crippen LogP contribution in [-0.2, 0) is 6.42 Å². The van der Waals surface area contributed by atoms with Crippen LogP contribution in [0.2, 0.25) is 0 Å². The predicted molar refractivity (Wildman–Crippen MR) is 71.6 cm³/mol. The molecule has 0 aromatic heterocycles. The second-order valence-corrected chi connectivity index (χ2v) is 5.02. The first-order chi connectivity index (χ1) is 8.24. The van der Waals surface area contributed by atoms with Gasteiger partial charge in [0.1, 0.15) is 5.75 Å². The Morgan fingerprint density at radius 2 is 2.18 bits per heavy atom. The number of benzene rings is 1. The molecule has 2 rings (SSSR count). The van der Waals surface area contributed by atoms with Crippen LogP contribution in [0.25, 0.3) is 0 Å². The Hall–Kier alpha value is -1.02. The summed E-state index contributed by atoms with van der Waals surface area (Å²) in [7, 11) is 1.76. The number of rotatable bonds is 6. The molecule has 0 saturated heterocycles. The minimum Gasteiger partial charge on any atom is -0.496 e. The largest absolute Gasteiger partial charge is 0.496 e. The smallest absolute Gasteiger partial charge is 0.122 e. The highest BCUT2D eigenvalue weighted by molar-refractivity contribution is 5.37. The lowest BCUT2D eigenvalue weighted by Gasteiger charge is -2.19. The van der Waals surface area contributed by atoms with Gasteiger partial charge in [0, 0.05) is 6.04 Å². The zero-order valence-corrected chi connectivity index (χ0v) is 11.1. The van der Waals surface area contributed by atoms with Crippen LogP contribution in [0.1, 0.15) is 30.9 Å². The average molecular weight is 233 g/mol. The van der Waals surface area contributed by atoms with E-state index in [1.165, 1.54) is 24.0 Å². The molecule has 1 aliphatic rings. The summed E-state index contributed by atoms with van der Waals surface area (Å²) in [6, 6.07) is 7.07. The summed E-state index contributed by atoms with van der Waals surface area (Å²) in [5, 5.41) is 3.61. The first kappa shape index (κ1) is 12.4. The summed E-state index contributed by atoms with van der Waals surface area (Å²) in [4.78, 5) is 0. The van der Waals surface area contributed by atoms with Gasteiger partial charge in [-0.05, 0) is 50.3 Å². The highest BCUT2D eigenvalue weighted by Gasteiger charge is 2.31. The normalized spacial score (nSPS) is 16.9. The van der Waals surface area contributed by atoms with Crippen LogP contribution in [0.3, 0.4) is 0 Å². The lowest BCUT2D eigenvalue weighted by atomic mass is 9.99. The number of nitrogens with one attached hydrogen (secondary N) is 1. The maximum Gasteiger partial charge on any atom is 0.122 e. The van der Waals surface area contributed by atoms with Crippen LogP contribution in [0.4, 0.5) is 0 Å². The quantitative estimate of drug-likeness (QED) is 0.815. The molecule has 0 heterocycles. The average Bonchev–Trinajstić information content (AvgIpc) is 3.13. The number of hydrogen-bond acceptors (Lipinski definition) is 2. The van der Waals surface area contributed by atoms with E-state index in [2.05, 4.69) is 37.4 Å². The van der Waals surface area contributed by atoms with E-state index in [1.54, 1.807) is 7.11 Å². The van der Waals surface area contributed by atoms with Crippen molar-refractivity contribution in [2.75, 3.05) is 13.7 Å². The van der Waals surface area contributed by atoms with Crippen molar-refractivity contribution in [3.8, 4) is 5.75 Å². The highest BCUT2D eigenvalue weighted by atomic mass is 16.5. The molecule has 0 aliphatic heterocycles. The second kappa shape index (κ2) is 5.54. The molecule has 0 radical (unpaired) electrons. The van der Waals surface area contributed by atoms with Crippen molar-refractivity contribution < 1.29 is 4.74 Å². The molecule has 1 N–H and O–H groups in total. The molecule has 1 aliphatic carbocycles. The van der Waals surface area contributed by atoms with Gasteiger partial charge in [-0.25, -0.2) is 0 Å². The van der Waals surface area contributed by atoms with Gasteiger partial charge in [-0.15, -0.1) is 0 Å². The van der Waals surface area contributed by atoms with Gasteiger partial charge in [-0.2, -0.15) is 0 Å². The van der Waals surface area contributed by atoms with E-state index in [-0.39, 0.29) is 0 Å². The van der Waals surface area contributed by atoms with E-state index in [1.807, 2.05) is 0 Å². The van der Waals surface area contributed by atoms with Gasteiger partial charge in [0.05, 0.1) is 7.11 Å². The molecule has 0 spiro atoms. The molecule has 1 unspecified atom stereocenters. The number of hydrogen-bond donors (Lipinski definition) is 1. The van der Waals surface area contributed by atoms with Crippen molar-refractivity contribution in [2.45, 2.75) is 39.2 Å². The van der Waals surface area contributed by atoms with E-state index in [0.717, 1.165) is 24.6 Å². The Morgan fingerprint density at radius 3 is 2.76 bits per heavy atom. The molecule has 0 bridgehead atoms. The van der Waals surface area contributed by atoms with Crippen LogP contribution < -0.4 is 10.1 Å². The SMILES string of the molecule is CCNC(Cc1cc(C)ccc1OC)C1CC1. The number of ether oxygens (including phenoxy) is 1. The second-order valence-electron chi connectivity index (χ2n) is 5.02. The zero-order valence-electron chi connectivity index (χ0n) is 11.1. The van der Waals surface area contributed by atoms with Crippen molar-refractivity contribution in [1.82, 2.24) is 5.32 Å². The summed E-state index contributed by atoms with van der Waals surface area (Å²) < 4.78 is 5.45. The summed E-state index contributed by atoms with van der Waals surface area (Å²) in [6.07, 6.45) is 3.85. The summed E-state index contributed by atoms with van der Waals surface area (Å²) in [5.41, 5.74) is 2.65. The third kappa shape index (κ3) is 3.22. The van der Waals surface area contributed by atoms with Gasteiger partial charge < -0.3 is 10.1 Å². The summed E-state index contributed by atoms with van der Waals surface area (Å²) in [6.45, 7) is 5.38. The highest BCUT2D eigenvalue weighted by Crippen LogP contribution is 2.35. The molecule has 17 heavy (non-hydrogen) atoms. The van der Waals surface area contributed by atoms with Crippen molar-refractivity contribution in [2.24, 2.45) is 5.92 Å². The third-order valence-electron chi connectivity index (χ3n) is 3.53. The van der Waals surface area contributed by atoms with Gasteiger partial charge in [-0.1, -0.05) is 24.6 Å². The van der Waals surface area contributed by atoms with Gasteiger partial charge in [0.2, 0.25) is 0 Å². The predicted octanol–water partition coefficient (Wildman–Crippen LogP) is 2.93. The van der Waals surface area contributed by atoms with Gasteiger partial charge in [-0.3, -0.25) is 0 Å². The van der Waals surface area contributed by atoms with E-state index in [9.17, 15) is 0 Å². The Labute approximate surface area is 104 Å². The van der Waals surface area contributed by atoms with Crippen molar-refractivity contribution in [3.05, 3.63) is 29.3 Å². The maximum absolute atomic E-state index is 5.45. The molecule has 1 fully saturated rings. The van der Waals surface area contributed by atoms with E-state index in [4.69, 9.17) is 4.74 Å². The fourth-order valence-electron chi connectivity index (χ4n) is 2.47. The number of likely N-dealkylation sites (N-methyl/N-ethyl adjacent to an activating group) is 1. The third-order valence-corrected chi connectivity index (χ3v) is 3.53. The van der Waals surface area contributed by atoms with Gasteiger partial charge >= 0.3 is 0 Å². The van der Waals surface area contributed by atoms with Crippen LogP contribution in [0.5, 0.6) is 5.75 Å². The molecule has 0 amide bonds. The minimum atomic E-state index is 0.621. The number of methoxy groups -OCH3 is 1. The monoisotopic (exact) mass is 233 g/mol. The van der Waals surface area contributed by atoms with Crippen LogP contribution >= 0.6 is 0 Å². The van der Waals surface area contributed by atoms with Gasteiger partial charge in [0.25, 0.3) is 0 Å². The maximum atomic E-state index is 5.45. The lowest BCUT2D eigenvalue weighted by Crippen LogP contribution is -2.33. The molecule has 1 aromatic rings. The molecule has 1 saturated carbocycles. The van der Waals surface area contributed by atoms with Crippen LogP contribution in [0.15, 0.2) is 18.2 Å². The van der Waals surface area contributed by atoms with Gasteiger partial charge in [0.15, 0.2) is 0 Å². The van der Waals surface area contributed by atoms with E-state index >= 15 is 0 Å². The fraction of sp³-hybridized carbons (Fsp3) is 0.600. The molecule has 2 heteroatoms. The number of aryl methyl sites for hydroxylation is 1. The minimum absolute atomic E-state index is 0.621. The van der Waals surface area contributed by atoms with Crippen molar-refractivity contribution in [3.63, 3.8) is 0 Å². The topological polar surface area (TPSA) is 21.3 Å². The Morgan fingerprint density at radius 1 is 1.41 bits per heavy atom. The summed E-state index contributed by atoms with van der Waals surface area (Å²) >= 11 is 0. The van der Waals surface area contributed by atoms with E-state index < -0.39 is 0 Å².